The summed E-state index contributed by atoms with van der Waals surface area (Å²) >= 11 is 0. The van der Waals surface area contributed by atoms with Crippen LogP contribution in [-0.4, -0.2) is 32.0 Å². The third kappa shape index (κ3) is 2.35. The molecule has 12 heavy (non-hydrogen) atoms. The molecule has 2 atom stereocenters. The summed E-state index contributed by atoms with van der Waals surface area (Å²) in [6, 6.07) is -0.0645. The maximum atomic E-state index is 12.1. The molecule has 1 unspecified atom stereocenters. The van der Waals surface area contributed by atoms with Gasteiger partial charge in [-0.1, -0.05) is 0 Å². The van der Waals surface area contributed by atoms with Crippen LogP contribution in [0, 0.1) is 0 Å². The first-order valence-electron chi connectivity index (χ1n) is 3.89. The average molecular weight is 183 g/mol. The second-order valence-electron chi connectivity index (χ2n) is 2.91. The van der Waals surface area contributed by atoms with Crippen molar-refractivity contribution in [2.24, 2.45) is 0 Å². The quantitative estimate of drug-likeness (QED) is 0.661. The summed E-state index contributed by atoms with van der Waals surface area (Å²) < 4.78 is 40.9. The lowest BCUT2D eigenvalue weighted by atomic mass is 10.0. The smallest absolute Gasteiger partial charge is 0.369 e. The molecule has 1 fully saturated rings. The van der Waals surface area contributed by atoms with Crippen molar-refractivity contribution in [3.63, 3.8) is 0 Å². The van der Waals surface area contributed by atoms with Crippen LogP contribution in [0.5, 0.6) is 0 Å². The van der Waals surface area contributed by atoms with Gasteiger partial charge in [-0.2, -0.15) is 13.2 Å². The molecule has 1 aliphatic rings. The van der Waals surface area contributed by atoms with E-state index in [2.05, 4.69) is 10.1 Å². The summed E-state index contributed by atoms with van der Waals surface area (Å²) in [5.41, 5.74) is 0. The Hall–Kier alpha value is -0.290. The fraction of sp³-hybridized carbons (Fsp3) is 1.00. The Kier molecular flexibility index (Phi) is 2.95. The van der Waals surface area contributed by atoms with Crippen LogP contribution in [0.15, 0.2) is 0 Å². The fourth-order valence-electron chi connectivity index (χ4n) is 1.29. The Balaban J connectivity index is 2.46. The minimum absolute atomic E-state index is 0.0278. The summed E-state index contributed by atoms with van der Waals surface area (Å²) in [6.07, 6.45) is -5.11. The standard InChI is InChI=1S/C7H12F3NO/c1-11-5-2-3-12-6(4-5)7(8,9)10/h5-6,11H,2-4H2,1H3/t5?,6-/m1/s1. The van der Waals surface area contributed by atoms with Gasteiger partial charge in [0.2, 0.25) is 0 Å². The van der Waals surface area contributed by atoms with Gasteiger partial charge in [-0.3, -0.25) is 0 Å². The second-order valence-corrected chi connectivity index (χ2v) is 2.91. The van der Waals surface area contributed by atoms with E-state index in [0.29, 0.717) is 6.42 Å². The zero-order valence-corrected chi connectivity index (χ0v) is 6.82. The van der Waals surface area contributed by atoms with Crippen LogP contribution < -0.4 is 5.32 Å². The summed E-state index contributed by atoms with van der Waals surface area (Å²) in [5.74, 6) is 0. The summed E-state index contributed by atoms with van der Waals surface area (Å²) in [7, 11) is 1.67. The molecule has 1 aliphatic heterocycles. The lowest BCUT2D eigenvalue weighted by Gasteiger charge is -2.30. The van der Waals surface area contributed by atoms with Gasteiger partial charge < -0.3 is 10.1 Å². The molecule has 1 rings (SSSR count). The second kappa shape index (κ2) is 3.62. The van der Waals surface area contributed by atoms with Gasteiger partial charge in [0.05, 0.1) is 0 Å². The van der Waals surface area contributed by atoms with Gasteiger partial charge in [0.1, 0.15) is 0 Å². The van der Waals surface area contributed by atoms with E-state index in [0.717, 1.165) is 0 Å². The van der Waals surface area contributed by atoms with Gasteiger partial charge in [0, 0.05) is 12.6 Å². The molecule has 0 bridgehead atoms. The van der Waals surface area contributed by atoms with Crippen LogP contribution in [0.2, 0.25) is 0 Å². The molecule has 0 aromatic heterocycles. The lowest BCUT2D eigenvalue weighted by Crippen LogP contribution is -2.43. The number of ether oxygens (including phenoxy) is 1. The molecule has 0 radical (unpaired) electrons. The number of hydrogen-bond acceptors (Lipinski definition) is 2. The van der Waals surface area contributed by atoms with Gasteiger partial charge in [-0.25, -0.2) is 0 Å². The van der Waals surface area contributed by atoms with E-state index in [1.807, 2.05) is 0 Å². The van der Waals surface area contributed by atoms with Crippen LogP contribution in [-0.2, 0) is 4.74 Å². The Labute approximate surface area is 69.1 Å². The Bertz CT molecular complexity index is 148. The van der Waals surface area contributed by atoms with Crippen LogP contribution in [0.25, 0.3) is 0 Å². The summed E-state index contributed by atoms with van der Waals surface area (Å²) in [6.45, 7) is 0.190. The SMILES string of the molecule is CNC1CCO[C@@H](C(F)(F)F)C1. The highest BCUT2D eigenvalue weighted by molar-refractivity contribution is 4.79. The van der Waals surface area contributed by atoms with E-state index in [4.69, 9.17) is 0 Å². The third-order valence-electron chi connectivity index (χ3n) is 2.06. The van der Waals surface area contributed by atoms with E-state index < -0.39 is 12.3 Å². The van der Waals surface area contributed by atoms with Crippen molar-refractivity contribution >= 4 is 0 Å². The maximum absolute atomic E-state index is 12.1. The van der Waals surface area contributed by atoms with Crippen molar-refractivity contribution in [1.29, 1.82) is 0 Å². The highest BCUT2D eigenvalue weighted by Crippen LogP contribution is 2.29. The fourth-order valence-corrected chi connectivity index (χ4v) is 1.29. The van der Waals surface area contributed by atoms with Gasteiger partial charge in [0.15, 0.2) is 6.10 Å². The number of nitrogens with one attached hydrogen (secondary N) is 1. The van der Waals surface area contributed by atoms with Gasteiger partial charge in [-0.05, 0) is 19.9 Å². The average Bonchev–Trinajstić information content (AvgIpc) is 2.03. The predicted octanol–water partition coefficient (Wildman–Crippen LogP) is 1.32. The predicted molar refractivity (Wildman–Crippen MR) is 37.9 cm³/mol. The van der Waals surface area contributed by atoms with Gasteiger partial charge in [-0.15, -0.1) is 0 Å². The number of alkyl halides is 3. The van der Waals surface area contributed by atoms with Crippen LogP contribution in [0.3, 0.4) is 0 Å². The molecule has 0 saturated carbocycles. The summed E-state index contributed by atoms with van der Waals surface area (Å²) in [4.78, 5) is 0. The lowest BCUT2D eigenvalue weighted by molar-refractivity contribution is -0.232. The summed E-state index contributed by atoms with van der Waals surface area (Å²) in [5, 5.41) is 2.83. The van der Waals surface area contributed by atoms with E-state index in [9.17, 15) is 13.2 Å². The van der Waals surface area contributed by atoms with Crippen molar-refractivity contribution in [2.75, 3.05) is 13.7 Å². The molecule has 1 heterocycles. The molecule has 0 aromatic carbocycles. The Morgan fingerprint density at radius 1 is 1.42 bits per heavy atom. The highest BCUT2D eigenvalue weighted by atomic mass is 19.4. The van der Waals surface area contributed by atoms with Crippen molar-refractivity contribution in [3.8, 4) is 0 Å². The van der Waals surface area contributed by atoms with E-state index in [-0.39, 0.29) is 19.1 Å². The Morgan fingerprint density at radius 3 is 2.58 bits per heavy atom. The topological polar surface area (TPSA) is 21.3 Å². The first kappa shape index (κ1) is 9.80. The molecular formula is C7H12F3NO. The van der Waals surface area contributed by atoms with Crippen molar-refractivity contribution in [1.82, 2.24) is 5.32 Å². The normalized spacial score (nSPS) is 32.0. The van der Waals surface area contributed by atoms with Crippen molar-refractivity contribution in [2.45, 2.75) is 31.2 Å². The van der Waals surface area contributed by atoms with Crippen LogP contribution in [0.1, 0.15) is 12.8 Å². The number of halogens is 3. The largest absolute Gasteiger partial charge is 0.414 e. The first-order chi connectivity index (χ1) is 5.54. The molecule has 2 nitrogen and oxygen atoms in total. The maximum Gasteiger partial charge on any atom is 0.414 e. The van der Waals surface area contributed by atoms with Gasteiger partial charge in [0.25, 0.3) is 0 Å². The molecule has 1 saturated heterocycles. The molecule has 72 valence electrons. The zero-order chi connectivity index (χ0) is 9.19. The van der Waals surface area contributed by atoms with Crippen LogP contribution >= 0.6 is 0 Å². The van der Waals surface area contributed by atoms with Crippen molar-refractivity contribution < 1.29 is 17.9 Å². The van der Waals surface area contributed by atoms with E-state index >= 15 is 0 Å². The van der Waals surface area contributed by atoms with Gasteiger partial charge >= 0.3 is 6.18 Å². The minimum Gasteiger partial charge on any atom is -0.369 e. The van der Waals surface area contributed by atoms with Crippen molar-refractivity contribution in [3.05, 3.63) is 0 Å². The number of hydrogen-bond donors (Lipinski definition) is 1. The number of rotatable bonds is 1. The Morgan fingerprint density at radius 2 is 2.08 bits per heavy atom. The molecule has 0 amide bonds. The zero-order valence-electron chi connectivity index (χ0n) is 6.82. The minimum atomic E-state index is -4.21. The molecule has 1 N–H and O–H groups in total. The van der Waals surface area contributed by atoms with E-state index in [1.165, 1.54) is 0 Å². The molecule has 5 heteroatoms. The first-order valence-corrected chi connectivity index (χ1v) is 3.89. The molecule has 0 spiro atoms. The van der Waals surface area contributed by atoms with Crippen LogP contribution in [0.4, 0.5) is 13.2 Å². The molecular weight excluding hydrogens is 171 g/mol. The monoisotopic (exact) mass is 183 g/mol. The third-order valence-corrected chi connectivity index (χ3v) is 2.06. The highest BCUT2D eigenvalue weighted by Gasteiger charge is 2.43. The molecule has 0 aromatic rings. The molecule has 0 aliphatic carbocycles. The van der Waals surface area contributed by atoms with E-state index in [1.54, 1.807) is 7.05 Å².